The normalized spacial score (nSPS) is 15.3. The van der Waals surface area contributed by atoms with Crippen LogP contribution in [0.15, 0.2) is 4.52 Å². The summed E-state index contributed by atoms with van der Waals surface area (Å²) in [5.41, 5.74) is 5.34. The Morgan fingerprint density at radius 2 is 1.90 bits per heavy atom. The van der Waals surface area contributed by atoms with E-state index in [1.165, 1.54) is 0 Å². The van der Waals surface area contributed by atoms with Crippen LogP contribution < -0.4 is 5.73 Å². The highest BCUT2D eigenvalue weighted by Gasteiger charge is 2.34. The molecule has 116 valence electrons. The molecule has 0 saturated heterocycles. The van der Waals surface area contributed by atoms with Crippen molar-refractivity contribution >= 4 is 0 Å². The first-order chi connectivity index (χ1) is 9.49. The van der Waals surface area contributed by atoms with Crippen LogP contribution in [0.4, 0.5) is 0 Å². The van der Waals surface area contributed by atoms with Crippen LogP contribution >= 0.6 is 0 Å². The molecule has 2 atom stereocenters. The molecule has 5 heteroatoms. The summed E-state index contributed by atoms with van der Waals surface area (Å²) in [6, 6.07) is 0.252. The molecule has 1 heterocycles. The first-order valence-corrected chi connectivity index (χ1v) is 7.63. The highest BCUT2D eigenvalue weighted by atomic mass is 16.5. The molecule has 0 aromatic carbocycles. The van der Waals surface area contributed by atoms with E-state index < -0.39 is 5.60 Å². The number of hydrogen-bond donors (Lipinski definition) is 1. The molecule has 0 saturated carbocycles. The summed E-state index contributed by atoms with van der Waals surface area (Å²) in [5, 5.41) is 4.13. The van der Waals surface area contributed by atoms with Crippen LogP contribution in [0.25, 0.3) is 0 Å². The van der Waals surface area contributed by atoms with Crippen molar-refractivity contribution in [2.75, 3.05) is 7.11 Å². The predicted octanol–water partition coefficient (Wildman–Crippen LogP) is 3.35. The van der Waals surface area contributed by atoms with Gasteiger partial charge in [-0.25, -0.2) is 0 Å². The SMILES string of the molecule is CCC(CC)(OC)c1noc(C(C)CCCC(C)N)n1. The van der Waals surface area contributed by atoms with E-state index in [4.69, 9.17) is 15.0 Å². The summed E-state index contributed by atoms with van der Waals surface area (Å²) in [4.78, 5) is 4.56. The van der Waals surface area contributed by atoms with Gasteiger partial charge in [-0.2, -0.15) is 4.98 Å². The van der Waals surface area contributed by atoms with Gasteiger partial charge in [0.25, 0.3) is 0 Å². The van der Waals surface area contributed by atoms with Gasteiger partial charge in [-0.1, -0.05) is 32.3 Å². The van der Waals surface area contributed by atoms with E-state index in [1.54, 1.807) is 7.11 Å². The number of hydrogen-bond acceptors (Lipinski definition) is 5. The van der Waals surface area contributed by atoms with Crippen molar-refractivity contribution in [3.63, 3.8) is 0 Å². The summed E-state index contributed by atoms with van der Waals surface area (Å²) in [7, 11) is 1.70. The zero-order valence-electron chi connectivity index (χ0n) is 13.5. The molecule has 0 spiro atoms. The first kappa shape index (κ1) is 17.1. The third-order valence-electron chi connectivity index (χ3n) is 4.10. The summed E-state index contributed by atoms with van der Waals surface area (Å²) in [6.07, 6.45) is 4.78. The minimum Gasteiger partial charge on any atom is -0.370 e. The standard InChI is InChI=1S/C15H29N3O2/c1-6-15(7-2,19-5)14-17-13(20-18-14)11(3)9-8-10-12(4)16/h11-12H,6-10,16H2,1-5H3. The Kier molecular flexibility index (Phi) is 6.62. The number of nitrogens with two attached hydrogens (primary N) is 1. The third kappa shape index (κ3) is 4.03. The van der Waals surface area contributed by atoms with Gasteiger partial charge in [0.1, 0.15) is 5.60 Å². The Hall–Kier alpha value is -0.940. The summed E-state index contributed by atoms with van der Waals surface area (Å²) in [5.74, 6) is 1.63. The Labute approximate surface area is 122 Å². The minimum atomic E-state index is -0.423. The fraction of sp³-hybridized carbons (Fsp3) is 0.867. The average molecular weight is 283 g/mol. The Balaban J connectivity index is 2.70. The van der Waals surface area contributed by atoms with Crippen LogP contribution in [0, 0.1) is 0 Å². The largest absolute Gasteiger partial charge is 0.370 e. The third-order valence-corrected chi connectivity index (χ3v) is 4.10. The van der Waals surface area contributed by atoms with E-state index in [1.807, 2.05) is 6.92 Å². The Bertz CT molecular complexity index is 378. The second-order valence-corrected chi connectivity index (χ2v) is 5.67. The quantitative estimate of drug-likeness (QED) is 0.752. The zero-order chi connectivity index (χ0) is 15.2. The van der Waals surface area contributed by atoms with Crippen LogP contribution in [0.1, 0.15) is 77.4 Å². The lowest BCUT2D eigenvalue weighted by atomic mass is 9.96. The van der Waals surface area contributed by atoms with Crippen LogP contribution in [0.2, 0.25) is 0 Å². The lowest BCUT2D eigenvalue weighted by Gasteiger charge is -2.25. The monoisotopic (exact) mass is 283 g/mol. The minimum absolute atomic E-state index is 0.252. The van der Waals surface area contributed by atoms with Gasteiger partial charge in [-0.05, 0) is 32.6 Å². The molecular weight excluding hydrogens is 254 g/mol. The molecule has 2 N–H and O–H groups in total. The lowest BCUT2D eigenvalue weighted by Crippen LogP contribution is -2.28. The zero-order valence-corrected chi connectivity index (χ0v) is 13.5. The van der Waals surface area contributed by atoms with Crippen molar-refractivity contribution in [1.82, 2.24) is 10.1 Å². The van der Waals surface area contributed by atoms with E-state index in [9.17, 15) is 0 Å². The molecule has 0 aliphatic rings. The van der Waals surface area contributed by atoms with Crippen molar-refractivity contribution < 1.29 is 9.26 Å². The summed E-state index contributed by atoms with van der Waals surface area (Å²) >= 11 is 0. The molecule has 0 aliphatic carbocycles. The lowest BCUT2D eigenvalue weighted by molar-refractivity contribution is -0.0306. The van der Waals surface area contributed by atoms with Crippen LogP contribution in [-0.2, 0) is 10.3 Å². The predicted molar refractivity (Wildman–Crippen MR) is 79.5 cm³/mol. The van der Waals surface area contributed by atoms with Gasteiger partial charge in [0.15, 0.2) is 0 Å². The van der Waals surface area contributed by atoms with Gasteiger partial charge in [0.05, 0.1) is 0 Å². The van der Waals surface area contributed by atoms with Gasteiger partial charge in [0, 0.05) is 19.1 Å². The molecule has 0 aliphatic heterocycles. The van der Waals surface area contributed by atoms with Gasteiger partial charge in [0.2, 0.25) is 11.7 Å². The maximum Gasteiger partial charge on any atom is 0.229 e. The van der Waals surface area contributed by atoms with Gasteiger partial charge >= 0.3 is 0 Å². The number of ether oxygens (including phenoxy) is 1. The fourth-order valence-corrected chi connectivity index (χ4v) is 2.44. The topological polar surface area (TPSA) is 74.2 Å². The molecule has 1 rings (SSSR count). The molecule has 0 bridgehead atoms. The maximum absolute atomic E-state index is 5.76. The molecule has 0 amide bonds. The van der Waals surface area contributed by atoms with Crippen molar-refractivity contribution in [2.45, 2.75) is 77.4 Å². The van der Waals surface area contributed by atoms with Crippen molar-refractivity contribution in [3.05, 3.63) is 11.7 Å². The van der Waals surface area contributed by atoms with E-state index in [0.29, 0.717) is 11.7 Å². The summed E-state index contributed by atoms with van der Waals surface area (Å²) < 4.78 is 11.0. The number of aromatic nitrogens is 2. The molecule has 2 unspecified atom stereocenters. The van der Waals surface area contributed by atoms with Crippen LogP contribution in [-0.4, -0.2) is 23.3 Å². The summed E-state index contributed by atoms with van der Waals surface area (Å²) in [6.45, 7) is 8.31. The van der Waals surface area contributed by atoms with E-state index in [-0.39, 0.29) is 12.0 Å². The van der Waals surface area contributed by atoms with Gasteiger partial charge in [-0.3, -0.25) is 0 Å². The maximum atomic E-state index is 5.76. The number of rotatable bonds is 9. The van der Waals surface area contributed by atoms with E-state index in [2.05, 4.69) is 30.9 Å². The van der Waals surface area contributed by atoms with E-state index >= 15 is 0 Å². The molecule has 0 fully saturated rings. The average Bonchev–Trinajstić information content (AvgIpc) is 2.91. The molecule has 1 aromatic rings. The van der Waals surface area contributed by atoms with Crippen molar-refractivity contribution in [1.29, 1.82) is 0 Å². The molecule has 0 radical (unpaired) electrons. The van der Waals surface area contributed by atoms with Gasteiger partial charge < -0.3 is 15.0 Å². The smallest absolute Gasteiger partial charge is 0.229 e. The fourth-order valence-electron chi connectivity index (χ4n) is 2.44. The van der Waals surface area contributed by atoms with E-state index in [0.717, 1.165) is 32.1 Å². The van der Waals surface area contributed by atoms with Crippen LogP contribution in [0.3, 0.4) is 0 Å². The highest BCUT2D eigenvalue weighted by molar-refractivity contribution is 5.02. The van der Waals surface area contributed by atoms with Crippen molar-refractivity contribution in [2.24, 2.45) is 5.73 Å². The second kappa shape index (κ2) is 7.74. The van der Waals surface area contributed by atoms with Crippen LogP contribution in [0.5, 0.6) is 0 Å². The molecule has 1 aromatic heterocycles. The second-order valence-electron chi connectivity index (χ2n) is 5.67. The van der Waals surface area contributed by atoms with Crippen molar-refractivity contribution in [3.8, 4) is 0 Å². The Morgan fingerprint density at radius 3 is 2.40 bits per heavy atom. The molecular formula is C15H29N3O2. The highest BCUT2D eigenvalue weighted by Crippen LogP contribution is 2.31. The molecule has 20 heavy (non-hydrogen) atoms. The first-order valence-electron chi connectivity index (χ1n) is 7.63. The Morgan fingerprint density at radius 1 is 1.25 bits per heavy atom. The number of methoxy groups -OCH3 is 1. The van der Waals surface area contributed by atoms with Gasteiger partial charge in [-0.15, -0.1) is 0 Å². The number of nitrogens with zero attached hydrogens (tertiary/aromatic N) is 2. The molecule has 5 nitrogen and oxygen atoms in total.